The molecule has 1 fully saturated rings. The van der Waals surface area contributed by atoms with Crippen molar-refractivity contribution >= 4 is 45.3 Å². The van der Waals surface area contributed by atoms with Crippen LogP contribution in [0.4, 0.5) is 11.4 Å². The molecule has 2 aromatic rings. The molecular formula is C19H19ClN4O4S. The van der Waals surface area contributed by atoms with Gasteiger partial charge in [-0.3, -0.25) is 15.5 Å². The molecule has 0 unspecified atom stereocenters. The quantitative estimate of drug-likeness (QED) is 0.402. The topological polar surface area (TPSA) is 105 Å². The zero-order valence-electron chi connectivity index (χ0n) is 15.4. The molecule has 3 rings (SSSR count). The molecule has 0 saturated carbocycles. The van der Waals surface area contributed by atoms with Crippen LogP contribution in [0, 0.1) is 10.1 Å². The molecule has 1 N–H and O–H groups in total. The lowest BCUT2D eigenvalue weighted by atomic mass is 10.2. The van der Waals surface area contributed by atoms with Gasteiger partial charge in [-0.2, -0.15) is 9.41 Å². The predicted octanol–water partition coefficient (Wildman–Crippen LogP) is 4.06. The van der Waals surface area contributed by atoms with Gasteiger partial charge >= 0.3 is 0 Å². The van der Waals surface area contributed by atoms with Crippen LogP contribution in [0.5, 0.6) is 0 Å². The van der Waals surface area contributed by atoms with Crippen molar-refractivity contribution in [2.75, 3.05) is 18.5 Å². The largest absolute Gasteiger partial charge is 0.295 e. The molecule has 0 aromatic heterocycles. The summed E-state index contributed by atoms with van der Waals surface area (Å²) >= 11 is 6.09. The molecule has 29 heavy (non-hydrogen) atoms. The van der Waals surface area contributed by atoms with Crippen LogP contribution in [0.1, 0.15) is 18.4 Å². The summed E-state index contributed by atoms with van der Waals surface area (Å²) in [6.07, 6.45) is 4.57. The van der Waals surface area contributed by atoms with Crippen LogP contribution in [0.3, 0.4) is 0 Å². The number of nitro benzene ring substituents is 1. The van der Waals surface area contributed by atoms with E-state index in [1.165, 1.54) is 22.7 Å². The van der Waals surface area contributed by atoms with E-state index >= 15 is 0 Å². The van der Waals surface area contributed by atoms with E-state index in [1.54, 1.807) is 6.08 Å². The van der Waals surface area contributed by atoms with Gasteiger partial charge in [-0.05, 0) is 36.6 Å². The molecule has 10 heteroatoms. The number of rotatable bonds is 7. The number of halogens is 1. The molecule has 2 aromatic carbocycles. The van der Waals surface area contributed by atoms with Crippen molar-refractivity contribution in [3.05, 3.63) is 69.2 Å². The molecule has 1 aliphatic rings. The molecule has 0 aliphatic carbocycles. The number of nitrogens with one attached hydrogen (secondary N) is 1. The molecule has 1 heterocycles. The number of anilines is 1. The molecular weight excluding hydrogens is 416 g/mol. The van der Waals surface area contributed by atoms with Crippen LogP contribution < -0.4 is 5.43 Å². The highest BCUT2D eigenvalue weighted by molar-refractivity contribution is 7.89. The van der Waals surface area contributed by atoms with E-state index in [2.05, 4.69) is 10.5 Å². The van der Waals surface area contributed by atoms with Gasteiger partial charge in [0.1, 0.15) is 5.69 Å². The van der Waals surface area contributed by atoms with Gasteiger partial charge in [0, 0.05) is 19.2 Å². The third kappa shape index (κ3) is 5.20. The second-order valence-electron chi connectivity index (χ2n) is 6.36. The zero-order chi connectivity index (χ0) is 20.9. The molecule has 0 radical (unpaired) electrons. The zero-order valence-corrected chi connectivity index (χ0v) is 16.9. The molecule has 0 amide bonds. The van der Waals surface area contributed by atoms with Crippen LogP contribution in [-0.4, -0.2) is 37.0 Å². The minimum absolute atomic E-state index is 0.0656. The summed E-state index contributed by atoms with van der Waals surface area (Å²) in [6, 6.07) is 13.1. The maximum atomic E-state index is 12.6. The maximum absolute atomic E-state index is 12.6. The van der Waals surface area contributed by atoms with Crippen LogP contribution in [0.25, 0.3) is 6.08 Å². The van der Waals surface area contributed by atoms with Crippen molar-refractivity contribution in [2.24, 2.45) is 5.10 Å². The van der Waals surface area contributed by atoms with Crippen molar-refractivity contribution < 1.29 is 13.3 Å². The van der Waals surface area contributed by atoms with E-state index < -0.39 is 14.9 Å². The van der Waals surface area contributed by atoms with Crippen molar-refractivity contribution in [3.63, 3.8) is 0 Å². The number of nitro groups is 1. The first-order valence-electron chi connectivity index (χ1n) is 8.88. The number of hydrazone groups is 1. The SMILES string of the molecule is O=[N+]([O-])c1cc(S(=O)(=O)N2CCCC2)ccc1NN=CC(Cl)=Cc1ccccc1. The number of nitrogens with zero attached hydrogens (tertiary/aromatic N) is 3. The summed E-state index contributed by atoms with van der Waals surface area (Å²) < 4.78 is 26.6. The van der Waals surface area contributed by atoms with Crippen LogP contribution in [-0.2, 0) is 10.0 Å². The summed E-state index contributed by atoms with van der Waals surface area (Å²) in [6.45, 7) is 0.847. The Bertz CT molecular complexity index is 1050. The number of hydrogen-bond acceptors (Lipinski definition) is 6. The third-order valence-electron chi connectivity index (χ3n) is 4.35. The van der Waals surface area contributed by atoms with E-state index in [0.29, 0.717) is 18.1 Å². The Morgan fingerprint density at radius 2 is 1.86 bits per heavy atom. The summed E-state index contributed by atoms with van der Waals surface area (Å²) in [5.74, 6) is 0. The Kier molecular flexibility index (Phi) is 6.63. The average Bonchev–Trinajstić information content (AvgIpc) is 3.24. The Morgan fingerprint density at radius 1 is 1.17 bits per heavy atom. The Labute approximate surface area is 173 Å². The fraction of sp³-hybridized carbons (Fsp3) is 0.211. The summed E-state index contributed by atoms with van der Waals surface area (Å²) in [4.78, 5) is 10.7. The smallest absolute Gasteiger partial charge is 0.272 e. The van der Waals surface area contributed by atoms with E-state index in [1.807, 2.05) is 30.3 Å². The highest BCUT2D eigenvalue weighted by Gasteiger charge is 2.29. The minimum Gasteiger partial charge on any atom is -0.272 e. The van der Waals surface area contributed by atoms with E-state index in [4.69, 9.17) is 11.6 Å². The maximum Gasteiger partial charge on any atom is 0.295 e. The minimum atomic E-state index is -3.75. The third-order valence-corrected chi connectivity index (χ3v) is 6.45. The standard InChI is InChI=1S/C19H19ClN4O4S/c20-16(12-15-6-2-1-3-7-15)14-21-22-18-9-8-17(13-19(18)24(25)26)29(27,28)23-10-4-5-11-23/h1-3,6-9,12-14,22H,4-5,10-11H2. The molecule has 0 atom stereocenters. The number of allylic oxidation sites excluding steroid dienone is 1. The van der Waals surface area contributed by atoms with Crippen molar-refractivity contribution in [3.8, 4) is 0 Å². The lowest BCUT2D eigenvalue weighted by Crippen LogP contribution is -2.27. The first-order valence-corrected chi connectivity index (χ1v) is 10.7. The number of benzene rings is 2. The Morgan fingerprint density at radius 3 is 2.52 bits per heavy atom. The van der Waals surface area contributed by atoms with Gasteiger partial charge < -0.3 is 0 Å². The molecule has 8 nitrogen and oxygen atoms in total. The fourth-order valence-electron chi connectivity index (χ4n) is 2.90. The van der Waals surface area contributed by atoms with Crippen LogP contribution in [0.15, 0.2) is 63.6 Å². The molecule has 1 aliphatic heterocycles. The predicted molar refractivity (Wildman–Crippen MR) is 113 cm³/mol. The highest BCUT2D eigenvalue weighted by atomic mass is 35.5. The van der Waals surface area contributed by atoms with E-state index in [-0.39, 0.29) is 16.3 Å². The van der Waals surface area contributed by atoms with Crippen LogP contribution in [0.2, 0.25) is 0 Å². The summed E-state index contributed by atoms with van der Waals surface area (Å²) in [5.41, 5.74) is 3.12. The number of sulfonamides is 1. The number of hydrogen-bond donors (Lipinski definition) is 1. The molecule has 0 spiro atoms. The second kappa shape index (κ2) is 9.17. The summed E-state index contributed by atoms with van der Waals surface area (Å²) in [7, 11) is -3.75. The van der Waals surface area contributed by atoms with Crippen molar-refractivity contribution in [1.29, 1.82) is 0 Å². The molecule has 0 bridgehead atoms. The second-order valence-corrected chi connectivity index (χ2v) is 8.73. The Balaban J connectivity index is 1.79. The van der Waals surface area contributed by atoms with Crippen molar-refractivity contribution in [2.45, 2.75) is 17.7 Å². The Hall–Kier alpha value is -2.75. The van der Waals surface area contributed by atoms with Crippen molar-refractivity contribution in [1.82, 2.24) is 4.31 Å². The lowest BCUT2D eigenvalue weighted by Gasteiger charge is -2.15. The van der Waals surface area contributed by atoms with E-state index in [0.717, 1.165) is 24.5 Å². The lowest BCUT2D eigenvalue weighted by molar-refractivity contribution is -0.384. The monoisotopic (exact) mass is 434 g/mol. The van der Waals surface area contributed by atoms with Gasteiger partial charge in [0.2, 0.25) is 10.0 Å². The van der Waals surface area contributed by atoms with E-state index in [9.17, 15) is 18.5 Å². The molecule has 152 valence electrons. The van der Waals surface area contributed by atoms with Gasteiger partial charge in [-0.15, -0.1) is 0 Å². The van der Waals surface area contributed by atoms with Gasteiger partial charge in [-0.1, -0.05) is 41.9 Å². The fourth-order valence-corrected chi connectivity index (χ4v) is 4.62. The van der Waals surface area contributed by atoms with Gasteiger partial charge in [0.05, 0.1) is 21.1 Å². The summed E-state index contributed by atoms with van der Waals surface area (Å²) in [5, 5.41) is 15.7. The average molecular weight is 435 g/mol. The normalized spacial score (nSPS) is 15.7. The molecule has 1 saturated heterocycles. The first kappa shape index (κ1) is 21.0. The van der Waals surface area contributed by atoms with Gasteiger partial charge in [0.25, 0.3) is 5.69 Å². The highest BCUT2D eigenvalue weighted by Crippen LogP contribution is 2.30. The van der Waals surface area contributed by atoms with Crippen LogP contribution >= 0.6 is 11.6 Å². The van der Waals surface area contributed by atoms with Gasteiger partial charge in [0.15, 0.2) is 0 Å². The van der Waals surface area contributed by atoms with Gasteiger partial charge in [-0.25, -0.2) is 8.42 Å². The first-order chi connectivity index (χ1) is 13.9.